The van der Waals surface area contributed by atoms with Gasteiger partial charge in [-0.05, 0) is 29.7 Å². The topological polar surface area (TPSA) is 99.9 Å². The molecule has 8 nitrogen and oxygen atoms in total. The molecule has 0 bridgehead atoms. The zero-order valence-electron chi connectivity index (χ0n) is 16.0. The van der Waals surface area contributed by atoms with Crippen molar-refractivity contribution in [2.45, 2.75) is 19.9 Å². The van der Waals surface area contributed by atoms with Crippen molar-refractivity contribution >= 4 is 23.2 Å². The van der Waals surface area contributed by atoms with Gasteiger partial charge in [0.25, 0.3) is 11.6 Å². The molecule has 29 heavy (non-hydrogen) atoms. The van der Waals surface area contributed by atoms with Crippen molar-refractivity contribution < 1.29 is 23.9 Å². The Kier molecular flexibility index (Phi) is 6.43. The Balaban J connectivity index is 1.65. The molecule has 2 aromatic rings. The number of halogens is 1. The molecule has 0 aliphatic carbocycles. The van der Waals surface area contributed by atoms with E-state index in [1.54, 1.807) is 0 Å². The van der Waals surface area contributed by atoms with E-state index in [2.05, 4.69) is 5.32 Å². The van der Waals surface area contributed by atoms with Gasteiger partial charge in [0, 0.05) is 12.1 Å². The summed E-state index contributed by atoms with van der Waals surface area (Å²) >= 11 is 5.99. The number of nitro groups is 1. The van der Waals surface area contributed by atoms with Gasteiger partial charge in [-0.1, -0.05) is 31.5 Å². The minimum absolute atomic E-state index is 0.0687. The number of carbonyl (C=O) groups excluding carboxylic acids is 1. The molecule has 154 valence electrons. The first-order chi connectivity index (χ1) is 13.8. The van der Waals surface area contributed by atoms with Crippen LogP contribution in [0.4, 0.5) is 5.69 Å². The van der Waals surface area contributed by atoms with Crippen LogP contribution in [0.15, 0.2) is 36.4 Å². The fourth-order valence-electron chi connectivity index (χ4n) is 2.97. The molecule has 0 saturated carbocycles. The maximum atomic E-state index is 12.4. The molecule has 0 aromatic heterocycles. The van der Waals surface area contributed by atoms with Crippen molar-refractivity contribution in [2.24, 2.45) is 5.92 Å². The molecule has 1 heterocycles. The van der Waals surface area contributed by atoms with Crippen molar-refractivity contribution in [1.82, 2.24) is 5.32 Å². The van der Waals surface area contributed by atoms with E-state index in [-0.39, 0.29) is 40.9 Å². The van der Waals surface area contributed by atoms with E-state index < -0.39 is 4.92 Å². The summed E-state index contributed by atoms with van der Waals surface area (Å²) in [6, 6.07) is 9.16. The second kappa shape index (κ2) is 9.00. The fourth-order valence-corrected chi connectivity index (χ4v) is 3.20. The van der Waals surface area contributed by atoms with Crippen molar-refractivity contribution in [1.29, 1.82) is 0 Å². The first-order valence-corrected chi connectivity index (χ1v) is 9.48. The van der Waals surface area contributed by atoms with E-state index in [0.717, 1.165) is 5.56 Å². The van der Waals surface area contributed by atoms with Crippen LogP contribution < -0.4 is 19.5 Å². The summed E-state index contributed by atoms with van der Waals surface area (Å²) in [4.78, 5) is 22.6. The van der Waals surface area contributed by atoms with E-state index in [9.17, 15) is 14.9 Å². The molecule has 0 fully saturated rings. The van der Waals surface area contributed by atoms with Crippen LogP contribution in [0, 0.1) is 16.0 Å². The van der Waals surface area contributed by atoms with Gasteiger partial charge in [-0.3, -0.25) is 14.9 Å². The molecule has 2 aromatic carbocycles. The molecule has 1 amide bonds. The lowest BCUT2D eigenvalue weighted by atomic mass is 9.95. The van der Waals surface area contributed by atoms with Crippen molar-refractivity contribution in [3.05, 3.63) is 57.1 Å². The van der Waals surface area contributed by atoms with Gasteiger partial charge in [0.15, 0.2) is 18.1 Å². The molecular weight excluding hydrogens is 400 g/mol. The lowest BCUT2D eigenvalue weighted by molar-refractivity contribution is -0.384. The number of nitro benzene ring substituents is 1. The molecule has 0 spiro atoms. The highest BCUT2D eigenvalue weighted by Crippen LogP contribution is 2.34. The van der Waals surface area contributed by atoms with Crippen LogP contribution in [0.5, 0.6) is 17.2 Å². The van der Waals surface area contributed by atoms with Gasteiger partial charge in [-0.2, -0.15) is 0 Å². The lowest BCUT2D eigenvalue weighted by Crippen LogP contribution is -2.35. The standard InChI is InChI=1S/C20H21ClN2O6/c1-12(2)20(13-3-5-17-18(9-13)28-8-7-27-17)22-19(24)11-29-16-6-4-14(23(25)26)10-15(16)21/h3-6,9-10,12,20H,7-8,11H2,1-2H3,(H,22,24)/t20-/m1/s1. The van der Waals surface area contributed by atoms with Crippen LogP contribution in [-0.4, -0.2) is 30.7 Å². The average molecular weight is 421 g/mol. The summed E-state index contributed by atoms with van der Waals surface area (Å²) in [5.41, 5.74) is 0.747. The van der Waals surface area contributed by atoms with Crippen molar-refractivity contribution in [3.63, 3.8) is 0 Å². The highest BCUT2D eigenvalue weighted by Gasteiger charge is 2.22. The third-order valence-corrected chi connectivity index (χ3v) is 4.69. The molecular formula is C20H21ClN2O6. The Bertz CT molecular complexity index is 918. The normalized spacial score (nSPS) is 13.7. The summed E-state index contributed by atoms with van der Waals surface area (Å²) in [6.07, 6.45) is 0. The second-order valence-electron chi connectivity index (χ2n) is 6.85. The van der Waals surface area contributed by atoms with Gasteiger partial charge in [0.05, 0.1) is 16.0 Å². The number of nitrogens with zero attached hydrogens (tertiary/aromatic N) is 1. The molecule has 0 saturated heterocycles. The minimum atomic E-state index is -0.553. The van der Waals surface area contributed by atoms with Crippen molar-refractivity contribution in [3.8, 4) is 17.2 Å². The molecule has 1 atom stereocenters. The highest BCUT2D eigenvalue weighted by molar-refractivity contribution is 6.32. The van der Waals surface area contributed by atoms with E-state index in [0.29, 0.717) is 24.7 Å². The number of non-ortho nitro benzene ring substituents is 1. The average Bonchev–Trinajstić information content (AvgIpc) is 2.70. The number of rotatable bonds is 7. The number of carbonyl (C=O) groups is 1. The smallest absolute Gasteiger partial charge is 0.271 e. The number of ether oxygens (including phenoxy) is 3. The summed E-state index contributed by atoms with van der Waals surface area (Å²) in [5.74, 6) is 1.32. The zero-order valence-corrected chi connectivity index (χ0v) is 16.8. The Morgan fingerprint density at radius 3 is 2.59 bits per heavy atom. The van der Waals surface area contributed by atoms with Crippen LogP contribution in [0.25, 0.3) is 0 Å². The minimum Gasteiger partial charge on any atom is -0.486 e. The predicted octanol–water partition coefficient (Wildman–Crippen LogP) is 3.91. The number of hydrogen-bond donors (Lipinski definition) is 1. The number of nitrogens with one attached hydrogen (secondary N) is 1. The van der Waals surface area contributed by atoms with E-state index in [4.69, 9.17) is 25.8 Å². The first kappa shape index (κ1) is 20.7. The van der Waals surface area contributed by atoms with E-state index in [1.165, 1.54) is 18.2 Å². The zero-order chi connectivity index (χ0) is 21.0. The van der Waals surface area contributed by atoms with E-state index >= 15 is 0 Å². The van der Waals surface area contributed by atoms with E-state index in [1.807, 2.05) is 32.0 Å². The first-order valence-electron chi connectivity index (χ1n) is 9.11. The molecule has 1 aliphatic rings. The summed E-state index contributed by atoms with van der Waals surface area (Å²) in [6.45, 7) is 4.72. The maximum Gasteiger partial charge on any atom is 0.271 e. The van der Waals surface area contributed by atoms with Gasteiger partial charge in [0.2, 0.25) is 0 Å². The number of hydrogen-bond acceptors (Lipinski definition) is 6. The predicted molar refractivity (Wildman–Crippen MR) is 107 cm³/mol. The quantitative estimate of drug-likeness (QED) is 0.538. The van der Waals surface area contributed by atoms with Gasteiger partial charge in [-0.25, -0.2) is 0 Å². The number of amides is 1. The summed E-state index contributed by atoms with van der Waals surface area (Å²) in [5, 5.41) is 13.8. The monoisotopic (exact) mass is 420 g/mol. The number of benzene rings is 2. The van der Waals surface area contributed by atoms with Crippen LogP contribution in [0.1, 0.15) is 25.5 Å². The fraction of sp³-hybridized carbons (Fsp3) is 0.350. The van der Waals surface area contributed by atoms with Gasteiger partial charge < -0.3 is 19.5 Å². The Hall–Kier alpha value is -3.00. The Labute approximate surface area is 172 Å². The Morgan fingerprint density at radius 2 is 1.93 bits per heavy atom. The molecule has 0 radical (unpaired) electrons. The summed E-state index contributed by atoms with van der Waals surface area (Å²) < 4.78 is 16.6. The van der Waals surface area contributed by atoms with Gasteiger partial charge >= 0.3 is 0 Å². The maximum absolute atomic E-state index is 12.4. The third-order valence-electron chi connectivity index (χ3n) is 4.39. The van der Waals surface area contributed by atoms with Gasteiger partial charge in [-0.15, -0.1) is 0 Å². The molecule has 1 aliphatic heterocycles. The second-order valence-corrected chi connectivity index (χ2v) is 7.26. The SMILES string of the molecule is CC(C)[C@@H](NC(=O)COc1ccc([N+](=O)[O-])cc1Cl)c1ccc2c(c1)OCCO2. The molecule has 1 N–H and O–H groups in total. The number of fused-ring (bicyclic) bond motifs is 1. The highest BCUT2D eigenvalue weighted by atomic mass is 35.5. The van der Waals surface area contributed by atoms with Crippen LogP contribution in [-0.2, 0) is 4.79 Å². The molecule has 0 unspecified atom stereocenters. The molecule has 3 rings (SSSR count). The van der Waals surface area contributed by atoms with Crippen molar-refractivity contribution in [2.75, 3.05) is 19.8 Å². The van der Waals surface area contributed by atoms with Crippen LogP contribution >= 0.6 is 11.6 Å². The third kappa shape index (κ3) is 5.08. The largest absolute Gasteiger partial charge is 0.486 e. The van der Waals surface area contributed by atoms with Gasteiger partial charge in [0.1, 0.15) is 19.0 Å². The van der Waals surface area contributed by atoms with Crippen LogP contribution in [0.2, 0.25) is 5.02 Å². The lowest BCUT2D eigenvalue weighted by Gasteiger charge is -2.25. The molecule has 9 heteroatoms. The summed E-state index contributed by atoms with van der Waals surface area (Å²) in [7, 11) is 0. The van der Waals surface area contributed by atoms with Crippen LogP contribution in [0.3, 0.4) is 0 Å². The Morgan fingerprint density at radius 1 is 1.21 bits per heavy atom.